The highest BCUT2D eigenvalue weighted by Crippen LogP contribution is 2.31. The number of aliphatic hydroxyl groups is 1. The van der Waals surface area contributed by atoms with Crippen LogP contribution in [0.5, 0.6) is 0 Å². The molecule has 144 valence electrons. The van der Waals surface area contributed by atoms with E-state index in [1.165, 1.54) is 22.7 Å². The van der Waals surface area contributed by atoms with Gasteiger partial charge in [-0.3, -0.25) is 0 Å². The number of thiophene rings is 2. The van der Waals surface area contributed by atoms with Crippen molar-refractivity contribution in [2.75, 3.05) is 0 Å². The summed E-state index contributed by atoms with van der Waals surface area (Å²) >= 11 is 2.73. The molecular weight excluding hydrogens is 419 g/mol. The fourth-order valence-electron chi connectivity index (χ4n) is 2.30. The minimum absolute atomic E-state index is 0.0234. The first-order valence-corrected chi connectivity index (χ1v) is 10.9. The van der Waals surface area contributed by atoms with E-state index in [0.717, 1.165) is 29.8 Å². The molecule has 0 fully saturated rings. The van der Waals surface area contributed by atoms with Gasteiger partial charge in [0.15, 0.2) is 0 Å². The Morgan fingerprint density at radius 2 is 1.78 bits per heavy atom. The van der Waals surface area contributed by atoms with Gasteiger partial charge < -0.3 is 5.11 Å². The van der Waals surface area contributed by atoms with Crippen molar-refractivity contribution in [1.82, 2.24) is 4.72 Å². The molecule has 0 saturated carbocycles. The lowest BCUT2D eigenvalue weighted by atomic mass is 10.2. The molecule has 2 heterocycles. The number of rotatable bonds is 6. The van der Waals surface area contributed by atoms with Crippen LogP contribution in [-0.2, 0) is 22.7 Å². The van der Waals surface area contributed by atoms with E-state index < -0.39 is 27.9 Å². The molecule has 10 heteroatoms. The molecule has 0 aliphatic carbocycles. The van der Waals surface area contributed by atoms with Crippen LogP contribution in [0.25, 0.3) is 0 Å². The summed E-state index contributed by atoms with van der Waals surface area (Å²) in [7, 11) is -3.95. The fourth-order valence-corrected chi connectivity index (χ4v) is 5.05. The van der Waals surface area contributed by atoms with Crippen LogP contribution in [-0.4, -0.2) is 13.5 Å². The standard InChI is InChI=1S/C17H14F3NO3S3/c18-17(19,20)12-1-4-14(5-2-12)27(23,24)21-9-13-3-6-15(26-13)16(22)11-7-8-25-10-11/h1-8,10,16,21-22H,9H2. The molecule has 1 aromatic carbocycles. The van der Waals surface area contributed by atoms with Crippen molar-refractivity contribution in [1.29, 1.82) is 0 Å². The number of halogens is 3. The summed E-state index contributed by atoms with van der Waals surface area (Å²) in [5.74, 6) is 0. The molecule has 2 N–H and O–H groups in total. The molecule has 1 atom stereocenters. The van der Waals surface area contributed by atoms with Gasteiger partial charge in [0.2, 0.25) is 10.0 Å². The summed E-state index contributed by atoms with van der Waals surface area (Å²) in [5.41, 5.74) is -0.148. The topological polar surface area (TPSA) is 66.4 Å². The number of sulfonamides is 1. The maximum Gasteiger partial charge on any atom is 0.416 e. The zero-order chi connectivity index (χ0) is 19.7. The van der Waals surface area contributed by atoms with Crippen LogP contribution in [0, 0.1) is 0 Å². The van der Waals surface area contributed by atoms with Gasteiger partial charge in [-0.2, -0.15) is 24.5 Å². The smallest absolute Gasteiger partial charge is 0.383 e. The third-order valence-electron chi connectivity index (χ3n) is 3.74. The van der Waals surface area contributed by atoms with E-state index in [4.69, 9.17) is 0 Å². The number of benzene rings is 1. The Hall–Kier alpha value is -1.72. The van der Waals surface area contributed by atoms with E-state index in [0.29, 0.717) is 9.75 Å². The molecular formula is C17H14F3NO3S3. The lowest BCUT2D eigenvalue weighted by Crippen LogP contribution is -2.22. The summed E-state index contributed by atoms with van der Waals surface area (Å²) in [6, 6.07) is 8.53. The molecule has 27 heavy (non-hydrogen) atoms. The van der Waals surface area contributed by atoms with Crippen LogP contribution in [0.15, 0.2) is 58.1 Å². The highest BCUT2D eigenvalue weighted by atomic mass is 32.2. The normalized spacial score (nSPS) is 13.6. The molecule has 0 saturated heterocycles. The van der Waals surface area contributed by atoms with Gasteiger partial charge in [0.25, 0.3) is 0 Å². The monoisotopic (exact) mass is 433 g/mol. The maximum atomic E-state index is 12.6. The first kappa shape index (κ1) is 20.0. The van der Waals surface area contributed by atoms with Crippen LogP contribution in [0.2, 0.25) is 0 Å². The van der Waals surface area contributed by atoms with Crippen molar-refractivity contribution in [3.8, 4) is 0 Å². The van der Waals surface area contributed by atoms with Crippen molar-refractivity contribution in [2.24, 2.45) is 0 Å². The second-order valence-corrected chi connectivity index (χ2v) is 9.36. The molecule has 4 nitrogen and oxygen atoms in total. The average molecular weight is 433 g/mol. The lowest BCUT2D eigenvalue weighted by Gasteiger charge is -2.09. The summed E-state index contributed by atoms with van der Waals surface area (Å²) in [6.07, 6.45) is -5.30. The van der Waals surface area contributed by atoms with Gasteiger partial charge in [-0.05, 0) is 58.8 Å². The first-order valence-electron chi connectivity index (χ1n) is 7.62. The predicted molar refractivity (Wildman–Crippen MR) is 98.2 cm³/mol. The van der Waals surface area contributed by atoms with E-state index in [2.05, 4.69) is 4.72 Å². The third kappa shape index (κ3) is 4.77. The van der Waals surface area contributed by atoms with Crippen molar-refractivity contribution >= 4 is 32.7 Å². The van der Waals surface area contributed by atoms with Crippen molar-refractivity contribution in [3.63, 3.8) is 0 Å². The zero-order valence-electron chi connectivity index (χ0n) is 13.6. The third-order valence-corrected chi connectivity index (χ3v) is 7.00. The first-order chi connectivity index (χ1) is 12.7. The predicted octanol–water partition coefficient (Wildman–Crippen LogP) is 4.39. The SMILES string of the molecule is O=S(=O)(NCc1ccc(C(O)c2ccsc2)s1)c1ccc(C(F)(F)F)cc1. The number of aliphatic hydroxyl groups excluding tert-OH is 1. The van der Waals surface area contributed by atoms with Crippen molar-refractivity contribution in [3.05, 3.63) is 74.1 Å². The number of nitrogens with one attached hydrogen (secondary N) is 1. The molecule has 3 aromatic rings. The lowest BCUT2D eigenvalue weighted by molar-refractivity contribution is -0.137. The van der Waals surface area contributed by atoms with Gasteiger partial charge in [-0.15, -0.1) is 11.3 Å². The second kappa shape index (κ2) is 7.72. The Morgan fingerprint density at radius 1 is 1.07 bits per heavy atom. The Bertz CT molecular complexity index is 994. The summed E-state index contributed by atoms with van der Waals surface area (Å²) in [6.45, 7) is -0.0234. The molecule has 2 aromatic heterocycles. The van der Waals surface area contributed by atoms with Gasteiger partial charge in [-0.25, -0.2) is 13.1 Å². The minimum Gasteiger partial charge on any atom is -0.383 e. The molecule has 0 bridgehead atoms. The fraction of sp³-hybridized carbons (Fsp3) is 0.176. The van der Waals surface area contributed by atoms with Gasteiger partial charge >= 0.3 is 6.18 Å². The van der Waals surface area contributed by atoms with E-state index in [9.17, 15) is 26.7 Å². The van der Waals surface area contributed by atoms with Gasteiger partial charge in [0, 0.05) is 16.3 Å². The van der Waals surface area contributed by atoms with Gasteiger partial charge in [-0.1, -0.05) is 0 Å². The number of alkyl halides is 3. The van der Waals surface area contributed by atoms with Gasteiger partial charge in [0.1, 0.15) is 6.10 Å². The average Bonchev–Trinajstić information content (AvgIpc) is 3.31. The molecule has 0 aliphatic rings. The molecule has 0 amide bonds. The second-order valence-electron chi connectivity index (χ2n) is 5.61. The van der Waals surface area contributed by atoms with Crippen LogP contribution in [0.1, 0.15) is 27.0 Å². The Kier molecular flexibility index (Phi) is 5.73. The van der Waals surface area contributed by atoms with Crippen molar-refractivity contribution in [2.45, 2.75) is 23.7 Å². The molecule has 0 aliphatic heterocycles. The maximum absolute atomic E-state index is 12.6. The Balaban J connectivity index is 1.67. The Morgan fingerprint density at radius 3 is 2.37 bits per heavy atom. The zero-order valence-corrected chi connectivity index (χ0v) is 16.1. The molecule has 0 radical (unpaired) electrons. The summed E-state index contributed by atoms with van der Waals surface area (Å²) < 4.78 is 64.6. The highest BCUT2D eigenvalue weighted by molar-refractivity contribution is 7.89. The largest absolute Gasteiger partial charge is 0.416 e. The highest BCUT2D eigenvalue weighted by Gasteiger charge is 2.30. The van der Waals surface area contributed by atoms with Gasteiger partial charge in [0.05, 0.1) is 10.5 Å². The van der Waals surface area contributed by atoms with E-state index in [-0.39, 0.29) is 11.4 Å². The summed E-state index contributed by atoms with van der Waals surface area (Å²) in [4.78, 5) is 1.11. The molecule has 3 rings (SSSR count). The van der Waals surface area contributed by atoms with E-state index >= 15 is 0 Å². The van der Waals surface area contributed by atoms with Crippen molar-refractivity contribution < 1.29 is 26.7 Å². The summed E-state index contributed by atoms with van der Waals surface area (Å²) in [5, 5.41) is 14.0. The van der Waals surface area contributed by atoms with Crippen LogP contribution in [0.3, 0.4) is 0 Å². The minimum atomic E-state index is -4.52. The van der Waals surface area contributed by atoms with Crippen LogP contribution in [0.4, 0.5) is 13.2 Å². The Labute approximate surface area is 162 Å². The van der Waals surface area contributed by atoms with E-state index in [1.54, 1.807) is 12.1 Å². The number of hydrogen-bond acceptors (Lipinski definition) is 5. The molecule has 1 unspecified atom stereocenters. The van der Waals surface area contributed by atoms with Crippen LogP contribution < -0.4 is 4.72 Å². The quantitative estimate of drug-likeness (QED) is 0.606. The van der Waals surface area contributed by atoms with E-state index in [1.807, 2.05) is 16.8 Å². The van der Waals surface area contributed by atoms with Crippen LogP contribution >= 0.6 is 22.7 Å². The molecule has 0 spiro atoms. The number of hydrogen-bond donors (Lipinski definition) is 2.